The van der Waals surface area contributed by atoms with Gasteiger partial charge in [-0.1, -0.05) is 32.4 Å². The molecule has 0 aliphatic carbocycles. The summed E-state index contributed by atoms with van der Waals surface area (Å²) in [7, 11) is 0. The first-order valence-corrected chi connectivity index (χ1v) is 7.80. The quantitative estimate of drug-likeness (QED) is 0.886. The van der Waals surface area contributed by atoms with Crippen LogP contribution in [0.2, 0.25) is 0 Å². The van der Waals surface area contributed by atoms with Crippen molar-refractivity contribution in [2.45, 2.75) is 58.2 Å². The van der Waals surface area contributed by atoms with Gasteiger partial charge in [0.15, 0.2) is 0 Å². The summed E-state index contributed by atoms with van der Waals surface area (Å²) in [4.78, 5) is 2.53. The summed E-state index contributed by atoms with van der Waals surface area (Å²) in [6.45, 7) is 9.66. The molecule has 2 rings (SSSR count). The van der Waals surface area contributed by atoms with Crippen LogP contribution in [0.15, 0.2) is 24.3 Å². The molecule has 112 valence electrons. The molecule has 0 spiro atoms. The maximum absolute atomic E-state index is 13.4. The summed E-state index contributed by atoms with van der Waals surface area (Å²) in [5.74, 6) is -0.136. The Morgan fingerprint density at radius 1 is 1.40 bits per heavy atom. The monoisotopic (exact) mass is 278 g/mol. The topological polar surface area (TPSA) is 15.3 Å². The van der Waals surface area contributed by atoms with Gasteiger partial charge in [0, 0.05) is 31.2 Å². The second kappa shape index (κ2) is 6.68. The zero-order chi connectivity index (χ0) is 14.6. The van der Waals surface area contributed by atoms with Crippen LogP contribution >= 0.6 is 0 Å². The van der Waals surface area contributed by atoms with E-state index in [0.717, 1.165) is 31.6 Å². The lowest BCUT2D eigenvalue weighted by atomic mass is 9.92. The fourth-order valence-corrected chi connectivity index (χ4v) is 3.04. The van der Waals surface area contributed by atoms with E-state index in [2.05, 4.69) is 31.0 Å². The van der Waals surface area contributed by atoms with Crippen LogP contribution in [0.1, 0.15) is 45.6 Å². The van der Waals surface area contributed by atoms with E-state index in [0.29, 0.717) is 6.04 Å². The van der Waals surface area contributed by atoms with E-state index in [1.54, 1.807) is 12.1 Å². The highest BCUT2D eigenvalue weighted by atomic mass is 19.1. The molecule has 1 N–H and O–H groups in total. The largest absolute Gasteiger partial charge is 0.309 e. The minimum absolute atomic E-state index is 0.136. The van der Waals surface area contributed by atoms with Crippen LogP contribution in [0.3, 0.4) is 0 Å². The van der Waals surface area contributed by atoms with Crippen LogP contribution in [-0.2, 0) is 6.54 Å². The van der Waals surface area contributed by atoms with Gasteiger partial charge in [0.05, 0.1) is 0 Å². The Bertz CT molecular complexity index is 435. The van der Waals surface area contributed by atoms with Crippen molar-refractivity contribution < 1.29 is 4.39 Å². The van der Waals surface area contributed by atoms with Gasteiger partial charge in [0.25, 0.3) is 0 Å². The smallest absolute Gasteiger partial charge is 0.123 e. The number of benzene rings is 1. The Balaban J connectivity index is 2.10. The van der Waals surface area contributed by atoms with E-state index in [4.69, 9.17) is 0 Å². The van der Waals surface area contributed by atoms with Gasteiger partial charge in [-0.2, -0.15) is 0 Å². The molecule has 1 aliphatic rings. The second-order valence-electron chi connectivity index (χ2n) is 6.27. The van der Waals surface area contributed by atoms with Crippen molar-refractivity contribution in [3.8, 4) is 0 Å². The first kappa shape index (κ1) is 15.5. The van der Waals surface area contributed by atoms with E-state index in [9.17, 15) is 4.39 Å². The number of halogens is 1. The normalized spacial score (nSPS) is 27.7. The molecule has 0 radical (unpaired) electrons. The summed E-state index contributed by atoms with van der Waals surface area (Å²) in [6, 6.07) is 7.57. The summed E-state index contributed by atoms with van der Waals surface area (Å²) in [5.41, 5.74) is 1.25. The van der Waals surface area contributed by atoms with Crippen LogP contribution in [0, 0.1) is 5.82 Å². The highest BCUT2D eigenvalue weighted by Gasteiger charge is 2.33. The van der Waals surface area contributed by atoms with Gasteiger partial charge >= 0.3 is 0 Å². The molecule has 0 aromatic heterocycles. The molecule has 2 nitrogen and oxygen atoms in total. The highest BCUT2D eigenvalue weighted by Crippen LogP contribution is 2.23. The third-order valence-electron chi connectivity index (χ3n) is 4.51. The molecule has 1 aromatic rings. The first-order chi connectivity index (χ1) is 9.56. The van der Waals surface area contributed by atoms with Crippen molar-refractivity contribution in [2.24, 2.45) is 0 Å². The zero-order valence-corrected chi connectivity index (χ0v) is 13.0. The molecule has 0 amide bonds. The fraction of sp³-hybridized carbons (Fsp3) is 0.647. The van der Waals surface area contributed by atoms with Gasteiger partial charge in [-0.25, -0.2) is 4.39 Å². The minimum Gasteiger partial charge on any atom is -0.309 e. The molecule has 1 fully saturated rings. The average Bonchev–Trinajstić information content (AvgIpc) is 2.42. The SMILES string of the molecule is CCCC1CNC(C)(CC)CN1Cc1cccc(F)c1. The molecule has 0 bridgehead atoms. The molecular weight excluding hydrogens is 251 g/mol. The molecule has 1 aliphatic heterocycles. The Morgan fingerprint density at radius 2 is 2.20 bits per heavy atom. The van der Waals surface area contributed by atoms with Crippen molar-refractivity contribution in [1.82, 2.24) is 10.2 Å². The number of hydrogen-bond donors (Lipinski definition) is 1. The van der Waals surface area contributed by atoms with Crippen LogP contribution in [0.25, 0.3) is 0 Å². The third-order valence-corrected chi connectivity index (χ3v) is 4.51. The van der Waals surface area contributed by atoms with Crippen molar-refractivity contribution in [2.75, 3.05) is 13.1 Å². The lowest BCUT2D eigenvalue weighted by Crippen LogP contribution is -2.62. The van der Waals surface area contributed by atoms with E-state index in [-0.39, 0.29) is 11.4 Å². The Hall–Kier alpha value is -0.930. The summed E-state index contributed by atoms with van der Waals surface area (Å²) in [6.07, 6.45) is 3.50. The molecule has 3 heteroatoms. The van der Waals surface area contributed by atoms with Gasteiger partial charge in [0.1, 0.15) is 5.82 Å². The van der Waals surface area contributed by atoms with E-state index in [1.165, 1.54) is 18.9 Å². The molecular formula is C17H27FN2. The molecule has 1 aromatic carbocycles. The molecule has 2 atom stereocenters. The predicted octanol–water partition coefficient (Wildman–Crippen LogP) is 3.57. The van der Waals surface area contributed by atoms with E-state index in [1.807, 2.05) is 6.07 Å². The summed E-state index contributed by atoms with van der Waals surface area (Å²) in [5, 5.41) is 3.69. The number of rotatable bonds is 5. The molecule has 20 heavy (non-hydrogen) atoms. The lowest BCUT2D eigenvalue weighted by Gasteiger charge is -2.46. The minimum atomic E-state index is -0.136. The van der Waals surface area contributed by atoms with Gasteiger partial charge in [-0.05, 0) is 37.5 Å². The maximum atomic E-state index is 13.4. The number of hydrogen-bond acceptors (Lipinski definition) is 2. The standard InChI is InChI=1S/C17H27FN2/c1-4-7-16-11-19-17(3,5-2)13-20(16)12-14-8-6-9-15(18)10-14/h6,8-10,16,19H,4-5,7,11-13H2,1-3H3. The van der Waals surface area contributed by atoms with Crippen molar-refractivity contribution in [3.63, 3.8) is 0 Å². The number of nitrogens with one attached hydrogen (secondary N) is 1. The Kier molecular flexibility index (Phi) is 5.17. The predicted molar refractivity (Wildman–Crippen MR) is 82.2 cm³/mol. The van der Waals surface area contributed by atoms with E-state index >= 15 is 0 Å². The number of nitrogens with zero attached hydrogens (tertiary/aromatic N) is 1. The molecule has 0 saturated carbocycles. The van der Waals surface area contributed by atoms with Crippen LogP contribution in [-0.4, -0.2) is 29.6 Å². The number of piperazine rings is 1. The maximum Gasteiger partial charge on any atom is 0.123 e. The van der Waals surface area contributed by atoms with Crippen molar-refractivity contribution in [1.29, 1.82) is 0 Å². The first-order valence-electron chi connectivity index (χ1n) is 7.80. The summed E-state index contributed by atoms with van der Waals surface area (Å²) >= 11 is 0. The molecule has 1 saturated heterocycles. The van der Waals surface area contributed by atoms with E-state index < -0.39 is 0 Å². The molecule has 2 unspecified atom stereocenters. The van der Waals surface area contributed by atoms with Crippen molar-refractivity contribution in [3.05, 3.63) is 35.6 Å². The molecule has 1 heterocycles. The lowest BCUT2D eigenvalue weighted by molar-refractivity contribution is 0.0725. The third kappa shape index (κ3) is 3.80. The van der Waals surface area contributed by atoms with Crippen LogP contribution < -0.4 is 5.32 Å². The Morgan fingerprint density at radius 3 is 2.85 bits per heavy atom. The van der Waals surface area contributed by atoms with Gasteiger partial charge < -0.3 is 5.32 Å². The fourth-order valence-electron chi connectivity index (χ4n) is 3.04. The summed E-state index contributed by atoms with van der Waals surface area (Å²) < 4.78 is 13.4. The highest BCUT2D eigenvalue weighted by molar-refractivity contribution is 5.16. The second-order valence-corrected chi connectivity index (χ2v) is 6.27. The van der Waals surface area contributed by atoms with Crippen LogP contribution in [0.5, 0.6) is 0 Å². The average molecular weight is 278 g/mol. The van der Waals surface area contributed by atoms with Gasteiger partial charge in [0.2, 0.25) is 0 Å². The van der Waals surface area contributed by atoms with Gasteiger partial charge in [-0.3, -0.25) is 4.90 Å². The van der Waals surface area contributed by atoms with Crippen LogP contribution in [0.4, 0.5) is 4.39 Å². The zero-order valence-electron chi connectivity index (χ0n) is 13.0. The van der Waals surface area contributed by atoms with Gasteiger partial charge in [-0.15, -0.1) is 0 Å². The van der Waals surface area contributed by atoms with Crippen molar-refractivity contribution >= 4 is 0 Å². The Labute approximate surface area is 122 Å².